The Morgan fingerprint density at radius 3 is 2.06 bits per heavy atom. The van der Waals surface area contributed by atoms with Crippen LogP contribution in [0.3, 0.4) is 0 Å². The van der Waals surface area contributed by atoms with Gasteiger partial charge in [-0.25, -0.2) is 9.69 Å². The van der Waals surface area contributed by atoms with Gasteiger partial charge in [0, 0.05) is 36.9 Å². The van der Waals surface area contributed by atoms with Crippen molar-refractivity contribution in [2.75, 3.05) is 23.9 Å². The van der Waals surface area contributed by atoms with Crippen molar-refractivity contribution in [3.05, 3.63) is 82.7 Å². The van der Waals surface area contributed by atoms with Crippen molar-refractivity contribution in [1.29, 1.82) is 0 Å². The molecule has 33 heavy (non-hydrogen) atoms. The van der Waals surface area contributed by atoms with Gasteiger partial charge in [-0.2, -0.15) is 0 Å². The summed E-state index contributed by atoms with van der Waals surface area (Å²) < 4.78 is 2.07. The Kier molecular flexibility index (Phi) is 5.64. The second-order valence-corrected chi connectivity index (χ2v) is 8.37. The molecule has 1 saturated heterocycles. The first kappa shape index (κ1) is 22.1. The topological polar surface area (TPSA) is 74.7 Å². The SMILES string of the molecule is Cc1ccc(N2C(=O)NC(=O)/C(=C/c3cc(C)n(-c4ccc(N(C)C)cc4)c3C)C2=O)cc1. The fourth-order valence-corrected chi connectivity index (χ4v) is 3.97. The number of hydrogen-bond acceptors (Lipinski definition) is 4. The molecule has 1 fully saturated rings. The highest BCUT2D eigenvalue weighted by atomic mass is 16.2. The average Bonchev–Trinajstić information content (AvgIpc) is 3.05. The minimum atomic E-state index is -0.752. The monoisotopic (exact) mass is 442 g/mol. The summed E-state index contributed by atoms with van der Waals surface area (Å²) >= 11 is 0. The number of aromatic nitrogens is 1. The molecule has 0 atom stereocenters. The number of nitrogens with zero attached hydrogens (tertiary/aromatic N) is 3. The van der Waals surface area contributed by atoms with Crippen molar-refractivity contribution in [3.63, 3.8) is 0 Å². The molecule has 1 aliphatic heterocycles. The number of carbonyl (C=O) groups is 3. The Bertz CT molecular complexity index is 1280. The van der Waals surface area contributed by atoms with Crippen LogP contribution in [0.15, 0.2) is 60.2 Å². The second kappa shape index (κ2) is 8.43. The van der Waals surface area contributed by atoms with E-state index >= 15 is 0 Å². The third-order valence-electron chi connectivity index (χ3n) is 5.79. The number of barbiturate groups is 1. The van der Waals surface area contributed by atoms with Gasteiger partial charge in [0.25, 0.3) is 11.8 Å². The van der Waals surface area contributed by atoms with E-state index in [1.54, 1.807) is 18.2 Å². The zero-order valence-electron chi connectivity index (χ0n) is 19.3. The summed E-state index contributed by atoms with van der Waals surface area (Å²) in [6.07, 6.45) is 1.55. The highest BCUT2D eigenvalue weighted by molar-refractivity contribution is 6.39. The van der Waals surface area contributed by atoms with Gasteiger partial charge in [-0.1, -0.05) is 17.7 Å². The molecule has 4 rings (SSSR count). The molecule has 0 saturated carbocycles. The van der Waals surface area contributed by atoms with E-state index in [-0.39, 0.29) is 5.57 Å². The van der Waals surface area contributed by atoms with Crippen molar-refractivity contribution < 1.29 is 14.4 Å². The van der Waals surface area contributed by atoms with Gasteiger partial charge < -0.3 is 9.47 Å². The van der Waals surface area contributed by atoms with Gasteiger partial charge in [-0.3, -0.25) is 14.9 Å². The van der Waals surface area contributed by atoms with E-state index < -0.39 is 17.8 Å². The second-order valence-electron chi connectivity index (χ2n) is 8.37. The number of benzene rings is 2. The zero-order chi connectivity index (χ0) is 23.9. The molecule has 0 radical (unpaired) electrons. The van der Waals surface area contributed by atoms with E-state index in [2.05, 4.69) is 9.88 Å². The van der Waals surface area contributed by atoms with Crippen LogP contribution in [-0.4, -0.2) is 36.5 Å². The molecular weight excluding hydrogens is 416 g/mol. The van der Waals surface area contributed by atoms with Crippen LogP contribution in [0.1, 0.15) is 22.5 Å². The third-order valence-corrected chi connectivity index (χ3v) is 5.79. The summed E-state index contributed by atoms with van der Waals surface area (Å²) in [6.45, 7) is 5.83. The fourth-order valence-electron chi connectivity index (χ4n) is 3.97. The molecule has 2 aromatic carbocycles. The van der Waals surface area contributed by atoms with Crippen LogP contribution < -0.4 is 15.1 Å². The first-order valence-electron chi connectivity index (χ1n) is 10.6. The molecule has 1 N–H and O–H groups in total. The van der Waals surface area contributed by atoms with Crippen LogP contribution in [0.25, 0.3) is 11.8 Å². The Hall–Kier alpha value is -4.13. The molecule has 1 aliphatic rings. The number of carbonyl (C=O) groups excluding carboxylic acids is 3. The summed E-state index contributed by atoms with van der Waals surface area (Å²) in [5.74, 6) is -1.35. The lowest BCUT2D eigenvalue weighted by Crippen LogP contribution is -2.54. The Labute approximate surface area is 192 Å². The first-order valence-corrected chi connectivity index (χ1v) is 10.6. The summed E-state index contributed by atoms with van der Waals surface area (Å²) in [5, 5.41) is 2.28. The predicted octanol–water partition coefficient (Wildman–Crippen LogP) is 4.13. The van der Waals surface area contributed by atoms with Gasteiger partial charge in [0.2, 0.25) is 0 Å². The van der Waals surface area contributed by atoms with Crippen LogP contribution in [0.2, 0.25) is 0 Å². The maximum absolute atomic E-state index is 13.2. The van der Waals surface area contributed by atoms with Crippen molar-refractivity contribution in [1.82, 2.24) is 9.88 Å². The largest absolute Gasteiger partial charge is 0.378 e. The number of nitrogens with one attached hydrogen (secondary N) is 1. The van der Waals surface area contributed by atoms with Gasteiger partial charge >= 0.3 is 6.03 Å². The number of aryl methyl sites for hydroxylation is 2. The smallest absolute Gasteiger partial charge is 0.335 e. The van der Waals surface area contributed by atoms with E-state index in [1.807, 2.05) is 82.2 Å². The minimum absolute atomic E-state index is 0.0848. The number of hydrogen-bond donors (Lipinski definition) is 1. The maximum atomic E-state index is 13.2. The molecule has 0 spiro atoms. The molecule has 2 heterocycles. The van der Waals surface area contributed by atoms with Crippen LogP contribution >= 0.6 is 0 Å². The number of urea groups is 1. The number of rotatable bonds is 4. The molecule has 3 aromatic rings. The summed E-state index contributed by atoms with van der Waals surface area (Å²) in [5.41, 5.74) is 5.99. The predicted molar refractivity (Wildman–Crippen MR) is 130 cm³/mol. The van der Waals surface area contributed by atoms with Crippen molar-refractivity contribution in [2.45, 2.75) is 20.8 Å². The first-order chi connectivity index (χ1) is 15.7. The average molecular weight is 443 g/mol. The Morgan fingerprint density at radius 2 is 1.45 bits per heavy atom. The van der Waals surface area contributed by atoms with Crippen LogP contribution in [0, 0.1) is 20.8 Å². The van der Waals surface area contributed by atoms with Crippen LogP contribution in [0.5, 0.6) is 0 Å². The van der Waals surface area contributed by atoms with Crippen LogP contribution in [0.4, 0.5) is 16.2 Å². The summed E-state index contributed by atoms with van der Waals surface area (Å²) in [7, 11) is 3.98. The van der Waals surface area contributed by atoms with E-state index in [0.717, 1.165) is 38.8 Å². The quantitative estimate of drug-likeness (QED) is 0.487. The molecule has 168 valence electrons. The molecule has 0 unspecified atom stereocenters. The molecule has 1 aromatic heterocycles. The summed E-state index contributed by atoms with van der Waals surface area (Å²) in [6, 6.07) is 16.3. The van der Waals surface area contributed by atoms with E-state index in [4.69, 9.17) is 0 Å². The molecular formula is C26H26N4O3. The van der Waals surface area contributed by atoms with E-state index in [9.17, 15) is 14.4 Å². The highest BCUT2D eigenvalue weighted by Crippen LogP contribution is 2.27. The van der Waals surface area contributed by atoms with E-state index in [0.29, 0.717) is 5.69 Å². The standard InChI is InChI=1S/C26H26N4O3/c1-16-6-8-22(9-7-16)30-25(32)23(24(31)27-26(30)33)15-19-14-17(2)29(18(19)3)21-12-10-20(11-13-21)28(4)5/h6-15H,1-5H3,(H,27,31,33)/b23-15-. The lowest BCUT2D eigenvalue weighted by Gasteiger charge is -2.26. The van der Waals surface area contributed by atoms with Crippen LogP contribution in [-0.2, 0) is 9.59 Å². The molecule has 0 bridgehead atoms. The lowest BCUT2D eigenvalue weighted by molar-refractivity contribution is -0.122. The third kappa shape index (κ3) is 4.05. The normalized spacial score (nSPS) is 15.2. The molecule has 4 amide bonds. The van der Waals surface area contributed by atoms with Gasteiger partial charge in [-0.05, 0) is 74.9 Å². The zero-order valence-corrected chi connectivity index (χ0v) is 19.3. The fraction of sp³-hybridized carbons (Fsp3) is 0.192. The number of amides is 4. The van der Waals surface area contributed by atoms with Gasteiger partial charge in [0.05, 0.1) is 5.69 Å². The number of imide groups is 2. The van der Waals surface area contributed by atoms with Gasteiger partial charge in [0.15, 0.2) is 0 Å². The van der Waals surface area contributed by atoms with Crippen molar-refractivity contribution >= 4 is 35.3 Å². The summed E-state index contributed by atoms with van der Waals surface area (Å²) in [4.78, 5) is 41.2. The van der Waals surface area contributed by atoms with Crippen molar-refractivity contribution in [2.24, 2.45) is 0 Å². The number of anilines is 2. The van der Waals surface area contributed by atoms with Gasteiger partial charge in [0.1, 0.15) is 5.57 Å². The Morgan fingerprint density at radius 1 is 0.848 bits per heavy atom. The Balaban J connectivity index is 1.72. The molecule has 7 nitrogen and oxygen atoms in total. The molecule has 0 aliphatic carbocycles. The highest BCUT2D eigenvalue weighted by Gasteiger charge is 2.37. The lowest BCUT2D eigenvalue weighted by atomic mass is 10.1. The van der Waals surface area contributed by atoms with Gasteiger partial charge in [-0.15, -0.1) is 0 Å². The van der Waals surface area contributed by atoms with E-state index in [1.165, 1.54) is 0 Å². The maximum Gasteiger partial charge on any atom is 0.335 e. The minimum Gasteiger partial charge on any atom is -0.378 e. The molecule has 7 heteroatoms. The van der Waals surface area contributed by atoms with Crippen molar-refractivity contribution in [3.8, 4) is 5.69 Å².